The number of nitriles is 1. The maximum absolute atomic E-state index is 11.9. The monoisotopic (exact) mass is 438 g/mol. The van der Waals surface area contributed by atoms with Crippen LogP contribution in [0, 0.1) is 11.3 Å². The number of nitrogens with zero attached hydrogens (tertiary/aromatic N) is 1. The number of hydrogen-bond donors (Lipinski definition) is 4. The van der Waals surface area contributed by atoms with Gasteiger partial charge in [-0.1, -0.05) is 12.1 Å². The minimum Gasteiger partial charge on any atom is -0.493 e. The summed E-state index contributed by atoms with van der Waals surface area (Å²) in [5.41, 5.74) is -0.0750. The van der Waals surface area contributed by atoms with Gasteiger partial charge in [0.1, 0.15) is 17.1 Å². The first-order valence-electron chi connectivity index (χ1n) is 8.03. The van der Waals surface area contributed by atoms with Crippen molar-refractivity contribution in [1.82, 2.24) is 15.4 Å². The van der Waals surface area contributed by atoms with Crippen LogP contribution in [0.4, 0.5) is 0 Å². The smallest absolute Gasteiger partial charge is 0.271 e. The highest BCUT2D eigenvalue weighted by molar-refractivity contribution is 7.89. The van der Waals surface area contributed by atoms with Gasteiger partial charge in [0.15, 0.2) is 18.1 Å². The van der Waals surface area contributed by atoms with E-state index in [0.29, 0.717) is 11.3 Å². The number of sulfonamides is 1. The summed E-state index contributed by atoms with van der Waals surface area (Å²) < 4.78 is 34.7. The second-order valence-corrected chi connectivity index (χ2v) is 7.98. The Morgan fingerprint density at radius 1 is 1.38 bits per heavy atom. The van der Waals surface area contributed by atoms with E-state index in [9.17, 15) is 23.3 Å². The van der Waals surface area contributed by atoms with Crippen molar-refractivity contribution in [2.75, 3.05) is 20.0 Å². The number of methoxy groups -OCH3 is 1. The van der Waals surface area contributed by atoms with E-state index in [-0.39, 0.29) is 17.0 Å². The van der Waals surface area contributed by atoms with Crippen LogP contribution in [0.2, 0.25) is 0 Å². The Balaban J connectivity index is 2.31. The summed E-state index contributed by atoms with van der Waals surface area (Å²) in [5, 5.41) is 14.5. The van der Waals surface area contributed by atoms with Gasteiger partial charge in [0, 0.05) is 5.56 Å². The highest BCUT2D eigenvalue weighted by Crippen LogP contribution is 2.32. The lowest BCUT2D eigenvalue weighted by molar-refractivity contribution is -0.121. The molecule has 154 valence electrons. The van der Waals surface area contributed by atoms with E-state index >= 15 is 0 Å². The number of benzene rings is 1. The zero-order valence-corrected chi connectivity index (χ0v) is 17.1. The fourth-order valence-corrected chi connectivity index (χ4v) is 3.07. The minimum absolute atomic E-state index is 0.121. The summed E-state index contributed by atoms with van der Waals surface area (Å²) in [7, 11) is -2.31. The molecule has 10 nitrogen and oxygen atoms in total. The molecule has 0 spiro atoms. The lowest BCUT2D eigenvalue weighted by Crippen LogP contribution is -2.46. The van der Waals surface area contributed by atoms with E-state index in [1.54, 1.807) is 29.0 Å². The Morgan fingerprint density at radius 2 is 2.10 bits per heavy atom. The van der Waals surface area contributed by atoms with Crippen LogP contribution in [-0.4, -0.2) is 45.7 Å². The van der Waals surface area contributed by atoms with Gasteiger partial charge in [-0.3, -0.25) is 14.3 Å². The van der Waals surface area contributed by atoms with Gasteiger partial charge >= 0.3 is 0 Å². The first kappa shape index (κ1) is 22.1. The van der Waals surface area contributed by atoms with Crippen LogP contribution in [0.3, 0.4) is 0 Å². The van der Waals surface area contributed by atoms with Crippen LogP contribution in [-0.2, 0) is 19.6 Å². The molecule has 0 radical (unpaired) electrons. The predicted octanol–water partition coefficient (Wildman–Crippen LogP) is -0.127. The second kappa shape index (κ2) is 9.35. The van der Waals surface area contributed by atoms with Crippen molar-refractivity contribution in [2.24, 2.45) is 0 Å². The molecule has 1 atom stereocenters. The van der Waals surface area contributed by atoms with Gasteiger partial charge in [0.05, 0.1) is 19.1 Å². The van der Waals surface area contributed by atoms with Gasteiger partial charge in [0.25, 0.3) is 11.8 Å². The Morgan fingerprint density at radius 3 is 2.72 bits per heavy atom. The molecule has 2 amide bonds. The predicted molar refractivity (Wildman–Crippen MR) is 107 cm³/mol. The van der Waals surface area contributed by atoms with Crippen molar-refractivity contribution in [2.45, 2.75) is 5.50 Å². The fourth-order valence-electron chi connectivity index (χ4n) is 2.34. The summed E-state index contributed by atoms with van der Waals surface area (Å²) in [6.45, 7) is -0.570. The summed E-state index contributed by atoms with van der Waals surface area (Å²) in [4.78, 5) is 23.6. The maximum atomic E-state index is 11.9. The first-order chi connectivity index (χ1) is 13.6. The molecule has 0 aliphatic carbocycles. The van der Waals surface area contributed by atoms with Gasteiger partial charge in [-0.15, -0.1) is 12.6 Å². The molecule has 2 rings (SSSR count). The number of ether oxygens (including phenoxy) is 2. The summed E-state index contributed by atoms with van der Waals surface area (Å²) in [5.74, 6) is -0.941. The average molecular weight is 438 g/mol. The molecule has 1 heterocycles. The molecule has 29 heavy (non-hydrogen) atoms. The number of nitrogens with one attached hydrogen (secondary N) is 3. The number of carbonyl (C=O) groups excluding carboxylic acids is 2. The molecular formula is C17H18N4O6S2. The third kappa shape index (κ3) is 6.16. The first-order valence-corrected chi connectivity index (χ1v) is 10.4. The van der Waals surface area contributed by atoms with Crippen molar-refractivity contribution in [3.63, 3.8) is 0 Å². The molecule has 3 N–H and O–H groups in total. The van der Waals surface area contributed by atoms with E-state index in [4.69, 9.17) is 9.47 Å². The van der Waals surface area contributed by atoms with Crippen molar-refractivity contribution in [3.05, 3.63) is 41.1 Å². The van der Waals surface area contributed by atoms with Gasteiger partial charge in [-0.2, -0.15) is 5.26 Å². The lowest BCUT2D eigenvalue weighted by Gasteiger charge is -2.22. The lowest BCUT2D eigenvalue weighted by atomic mass is 10.1. The standard InChI is InChI=1S/C17H18N4O6S2/c1-26-13-5-3-4-10(15(13)27-9-14(22)21-29(2,24)25)6-7-12-11(8-18)16(23)20-17(28)19-12/h3-7,17,19,28H,9H2,1-2H3,(H,20,23)(H,21,22)/b7-6+. The highest BCUT2D eigenvalue weighted by Gasteiger charge is 2.23. The van der Waals surface area contributed by atoms with E-state index in [1.807, 2.05) is 6.07 Å². The molecule has 0 bridgehead atoms. The molecule has 1 aliphatic heterocycles. The maximum Gasteiger partial charge on any atom is 0.271 e. The quantitative estimate of drug-likeness (QED) is 0.431. The van der Waals surface area contributed by atoms with Crippen LogP contribution < -0.4 is 24.8 Å². The molecule has 1 unspecified atom stereocenters. The Bertz CT molecular complexity index is 1030. The van der Waals surface area contributed by atoms with Gasteiger partial charge in [-0.05, 0) is 18.2 Å². The second-order valence-electron chi connectivity index (χ2n) is 5.72. The Hall–Kier alpha value is -3.17. The average Bonchev–Trinajstić information content (AvgIpc) is 2.63. The summed E-state index contributed by atoms with van der Waals surface area (Å²) in [6, 6.07) is 6.73. The van der Waals surface area contributed by atoms with Crippen LogP contribution >= 0.6 is 12.6 Å². The van der Waals surface area contributed by atoms with Crippen LogP contribution in [0.1, 0.15) is 5.56 Å². The van der Waals surface area contributed by atoms with E-state index in [0.717, 1.165) is 6.26 Å². The summed E-state index contributed by atoms with van der Waals surface area (Å²) >= 11 is 4.12. The molecule has 0 aromatic heterocycles. The number of allylic oxidation sites excluding steroid dienone is 1. The normalized spacial score (nSPS) is 16.6. The zero-order valence-electron chi connectivity index (χ0n) is 15.4. The SMILES string of the molecule is COc1cccc(/C=C/C2=C(C#N)C(=O)NC(S)N2)c1OCC(=O)NS(C)(=O)=O. The molecule has 0 saturated heterocycles. The Kier molecular flexibility index (Phi) is 7.13. The van der Waals surface area contributed by atoms with Crippen LogP contribution in [0.25, 0.3) is 6.08 Å². The van der Waals surface area contributed by atoms with Crippen molar-refractivity contribution in [1.29, 1.82) is 5.26 Å². The van der Waals surface area contributed by atoms with E-state index < -0.39 is 33.9 Å². The molecular weight excluding hydrogens is 420 g/mol. The van der Waals surface area contributed by atoms with Gasteiger partial charge in [0.2, 0.25) is 10.0 Å². The largest absolute Gasteiger partial charge is 0.493 e. The van der Waals surface area contributed by atoms with Crippen LogP contribution in [0.15, 0.2) is 35.5 Å². The van der Waals surface area contributed by atoms with Crippen LogP contribution in [0.5, 0.6) is 11.5 Å². The van der Waals surface area contributed by atoms with Crippen molar-refractivity contribution < 1.29 is 27.5 Å². The zero-order chi connectivity index (χ0) is 21.6. The minimum atomic E-state index is -3.71. The molecule has 1 aromatic carbocycles. The Labute approximate surface area is 173 Å². The van der Waals surface area contributed by atoms with E-state index in [2.05, 4.69) is 23.3 Å². The highest BCUT2D eigenvalue weighted by atomic mass is 32.2. The van der Waals surface area contributed by atoms with Crippen molar-refractivity contribution in [3.8, 4) is 17.6 Å². The topological polar surface area (TPSA) is 147 Å². The summed E-state index contributed by atoms with van der Waals surface area (Å²) in [6.07, 6.45) is 3.88. The molecule has 1 aromatic rings. The number of para-hydroxylation sites is 1. The number of amides is 2. The molecule has 1 aliphatic rings. The van der Waals surface area contributed by atoms with Gasteiger partial charge < -0.3 is 20.1 Å². The van der Waals surface area contributed by atoms with Gasteiger partial charge in [-0.25, -0.2) is 8.42 Å². The molecule has 0 saturated carbocycles. The third-order valence-electron chi connectivity index (χ3n) is 3.47. The third-order valence-corrected chi connectivity index (χ3v) is 4.33. The number of thiol groups is 1. The van der Waals surface area contributed by atoms with Crippen molar-refractivity contribution >= 4 is 40.5 Å². The number of carbonyl (C=O) groups is 2. The molecule has 0 fully saturated rings. The van der Waals surface area contributed by atoms with E-state index in [1.165, 1.54) is 13.2 Å². The molecule has 12 heteroatoms. The number of hydrogen-bond acceptors (Lipinski definition) is 9. The fraction of sp³-hybridized carbons (Fsp3) is 0.235. The number of rotatable bonds is 7.